The van der Waals surface area contributed by atoms with Gasteiger partial charge in [-0.05, 0) is 50.6 Å². The van der Waals surface area contributed by atoms with Crippen LogP contribution in [0, 0.1) is 6.92 Å². The molecule has 1 amide bonds. The molecule has 31 heavy (non-hydrogen) atoms. The molecule has 1 aliphatic heterocycles. The van der Waals surface area contributed by atoms with Gasteiger partial charge >= 0.3 is 0 Å². The maximum absolute atomic E-state index is 12.6. The predicted octanol–water partition coefficient (Wildman–Crippen LogP) is 4.16. The number of carbonyl (C=O) groups is 1. The van der Waals surface area contributed by atoms with E-state index in [0.717, 1.165) is 60.4 Å². The monoisotopic (exact) mass is 422 g/mol. The first kappa shape index (κ1) is 21.4. The number of carbonyl (C=O) groups excluding carboxylic acids is 1. The summed E-state index contributed by atoms with van der Waals surface area (Å²) in [5.74, 6) is 0.968. The minimum atomic E-state index is -0.210. The molecule has 3 aromatic rings. The van der Waals surface area contributed by atoms with Crippen LogP contribution in [0.1, 0.15) is 34.5 Å². The molecule has 0 saturated carbocycles. The molecular weight excluding hydrogens is 392 g/mol. The number of nitrogens with zero attached hydrogens (tertiary/aromatic N) is 1. The first-order valence-electron chi connectivity index (χ1n) is 10.9. The Balaban J connectivity index is 1.29. The fourth-order valence-corrected chi connectivity index (χ4v) is 4.01. The van der Waals surface area contributed by atoms with Gasteiger partial charge in [-0.1, -0.05) is 30.3 Å². The van der Waals surface area contributed by atoms with Crippen molar-refractivity contribution in [3.8, 4) is 5.75 Å². The number of rotatable bonds is 8. The summed E-state index contributed by atoms with van der Waals surface area (Å²) in [5, 5.41) is 3.92. The molecular formula is C25H30N2O4. The number of hydrogen-bond donors (Lipinski definition) is 1. The Morgan fingerprint density at radius 2 is 1.97 bits per heavy atom. The lowest BCUT2D eigenvalue weighted by Gasteiger charge is -2.31. The minimum Gasteiger partial charge on any atom is -0.492 e. The van der Waals surface area contributed by atoms with Crippen LogP contribution in [0.4, 0.5) is 0 Å². The second-order valence-corrected chi connectivity index (χ2v) is 8.06. The highest BCUT2D eigenvalue weighted by molar-refractivity contribution is 5.98. The van der Waals surface area contributed by atoms with Crippen LogP contribution in [0.25, 0.3) is 11.0 Å². The van der Waals surface area contributed by atoms with Crippen LogP contribution in [-0.2, 0) is 11.3 Å². The molecule has 0 spiro atoms. The summed E-state index contributed by atoms with van der Waals surface area (Å²) < 4.78 is 17.1. The topological polar surface area (TPSA) is 63.9 Å². The van der Waals surface area contributed by atoms with Crippen LogP contribution in [-0.4, -0.2) is 50.3 Å². The van der Waals surface area contributed by atoms with Crippen molar-refractivity contribution in [1.82, 2.24) is 10.2 Å². The molecule has 1 aromatic heterocycles. The second kappa shape index (κ2) is 9.98. The van der Waals surface area contributed by atoms with Crippen molar-refractivity contribution in [2.24, 2.45) is 0 Å². The Morgan fingerprint density at radius 3 is 2.77 bits per heavy atom. The van der Waals surface area contributed by atoms with Gasteiger partial charge in [0.1, 0.15) is 17.9 Å². The summed E-state index contributed by atoms with van der Waals surface area (Å²) in [6.45, 7) is 5.51. The van der Waals surface area contributed by atoms with Gasteiger partial charge < -0.3 is 19.2 Å². The van der Waals surface area contributed by atoms with Crippen molar-refractivity contribution >= 4 is 16.9 Å². The Labute approximate surface area is 183 Å². The van der Waals surface area contributed by atoms with E-state index in [-0.39, 0.29) is 5.91 Å². The summed E-state index contributed by atoms with van der Waals surface area (Å²) in [6.07, 6.45) is 2.16. The van der Waals surface area contributed by atoms with Crippen molar-refractivity contribution in [3.63, 3.8) is 0 Å². The van der Waals surface area contributed by atoms with E-state index in [9.17, 15) is 4.79 Å². The Hall–Kier alpha value is -2.83. The Bertz CT molecular complexity index is 1020. The highest BCUT2D eigenvalue weighted by Gasteiger charge is 2.18. The molecule has 2 heterocycles. The molecule has 4 rings (SSSR count). The van der Waals surface area contributed by atoms with Crippen LogP contribution < -0.4 is 10.1 Å². The fraction of sp³-hybridized carbons (Fsp3) is 0.400. The molecule has 0 aliphatic carbocycles. The fourth-order valence-electron chi connectivity index (χ4n) is 4.01. The molecule has 6 nitrogen and oxygen atoms in total. The molecule has 1 N–H and O–H groups in total. The lowest BCUT2D eigenvalue weighted by atomic mass is 10.1. The Kier molecular flexibility index (Phi) is 6.89. The molecule has 0 unspecified atom stereocenters. The number of aryl methyl sites for hydroxylation is 1. The van der Waals surface area contributed by atoms with Crippen LogP contribution >= 0.6 is 0 Å². The lowest BCUT2D eigenvalue weighted by Crippen LogP contribution is -2.38. The maximum atomic E-state index is 12.6. The summed E-state index contributed by atoms with van der Waals surface area (Å²) in [5.41, 5.74) is 2.57. The first-order chi connectivity index (χ1) is 15.1. The molecule has 0 atom stereocenters. The zero-order chi connectivity index (χ0) is 21.6. The maximum Gasteiger partial charge on any atom is 0.287 e. The van der Waals surface area contributed by atoms with E-state index < -0.39 is 0 Å². The van der Waals surface area contributed by atoms with Crippen LogP contribution in [0.5, 0.6) is 5.75 Å². The van der Waals surface area contributed by atoms with Gasteiger partial charge in [0, 0.05) is 43.3 Å². The summed E-state index contributed by atoms with van der Waals surface area (Å²) in [6, 6.07) is 16.1. The average Bonchev–Trinajstić information content (AvgIpc) is 3.15. The van der Waals surface area contributed by atoms with Gasteiger partial charge in [-0.25, -0.2) is 0 Å². The minimum absolute atomic E-state index is 0.210. The molecule has 1 aliphatic rings. The van der Waals surface area contributed by atoms with E-state index in [1.54, 1.807) is 0 Å². The number of amides is 1. The van der Waals surface area contributed by atoms with Gasteiger partial charge in [-0.3, -0.25) is 9.69 Å². The number of furan rings is 1. The van der Waals surface area contributed by atoms with Crippen molar-refractivity contribution in [1.29, 1.82) is 0 Å². The highest BCUT2D eigenvalue weighted by atomic mass is 16.5. The smallest absolute Gasteiger partial charge is 0.287 e. The zero-order valence-electron chi connectivity index (χ0n) is 18.2. The third kappa shape index (κ3) is 5.27. The van der Waals surface area contributed by atoms with E-state index in [4.69, 9.17) is 13.9 Å². The van der Waals surface area contributed by atoms with Crippen LogP contribution in [0.2, 0.25) is 0 Å². The standard InChI is InChI=1S/C25H30N2O4/c1-18-22-8-3-4-9-23(22)31-24(18)25(28)26-17-19-6-5-7-21(16-19)30-15-12-27(2)20-10-13-29-14-11-20/h3-9,16,20H,10-15,17H2,1-2H3,(H,26,28). The number of likely N-dealkylation sites (N-methyl/N-ethyl adjacent to an activating group) is 1. The van der Waals surface area contributed by atoms with Crippen LogP contribution in [0.15, 0.2) is 52.9 Å². The summed E-state index contributed by atoms with van der Waals surface area (Å²) in [4.78, 5) is 15.0. The highest BCUT2D eigenvalue weighted by Crippen LogP contribution is 2.25. The van der Waals surface area contributed by atoms with Gasteiger partial charge in [0.15, 0.2) is 5.76 Å². The van der Waals surface area contributed by atoms with Crippen LogP contribution in [0.3, 0.4) is 0 Å². The van der Waals surface area contributed by atoms with Gasteiger partial charge in [-0.15, -0.1) is 0 Å². The number of hydrogen-bond acceptors (Lipinski definition) is 5. The first-order valence-corrected chi connectivity index (χ1v) is 10.9. The molecule has 0 radical (unpaired) electrons. The van der Waals surface area contributed by atoms with Gasteiger partial charge in [0.05, 0.1) is 0 Å². The van der Waals surface area contributed by atoms with E-state index in [1.807, 2.05) is 55.5 Å². The molecule has 6 heteroatoms. The largest absolute Gasteiger partial charge is 0.492 e. The Morgan fingerprint density at radius 1 is 1.16 bits per heavy atom. The number of nitrogens with one attached hydrogen (secondary N) is 1. The van der Waals surface area contributed by atoms with Gasteiger partial charge in [-0.2, -0.15) is 0 Å². The molecule has 1 saturated heterocycles. The quantitative estimate of drug-likeness (QED) is 0.591. The van der Waals surface area contributed by atoms with E-state index >= 15 is 0 Å². The van der Waals surface area contributed by atoms with E-state index in [2.05, 4.69) is 17.3 Å². The van der Waals surface area contributed by atoms with Gasteiger partial charge in [0.2, 0.25) is 0 Å². The third-order valence-corrected chi connectivity index (χ3v) is 5.93. The van der Waals surface area contributed by atoms with E-state index in [0.29, 0.717) is 25.0 Å². The average molecular weight is 423 g/mol. The van der Waals surface area contributed by atoms with E-state index in [1.165, 1.54) is 0 Å². The van der Waals surface area contributed by atoms with Crippen molar-refractivity contribution in [3.05, 3.63) is 65.4 Å². The summed E-state index contributed by atoms with van der Waals surface area (Å²) in [7, 11) is 2.14. The normalized spacial score (nSPS) is 14.8. The lowest BCUT2D eigenvalue weighted by molar-refractivity contribution is 0.0392. The molecule has 0 bridgehead atoms. The van der Waals surface area contributed by atoms with Crippen molar-refractivity contribution < 1.29 is 18.7 Å². The van der Waals surface area contributed by atoms with Gasteiger partial charge in [0.25, 0.3) is 5.91 Å². The van der Waals surface area contributed by atoms with Crippen molar-refractivity contribution in [2.75, 3.05) is 33.4 Å². The number of ether oxygens (including phenoxy) is 2. The molecule has 1 fully saturated rings. The predicted molar refractivity (Wildman–Crippen MR) is 121 cm³/mol. The molecule has 164 valence electrons. The van der Waals surface area contributed by atoms with Crippen molar-refractivity contribution in [2.45, 2.75) is 32.4 Å². The SMILES string of the molecule is Cc1c(C(=O)NCc2cccc(OCCN(C)C3CCOCC3)c2)oc2ccccc12. The number of fused-ring (bicyclic) bond motifs is 1. The third-order valence-electron chi connectivity index (χ3n) is 5.93. The number of para-hydroxylation sites is 1. The number of benzene rings is 2. The zero-order valence-corrected chi connectivity index (χ0v) is 18.2. The molecule has 2 aromatic carbocycles. The summed E-state index contributed by atoms with van der Waals surface area (Å²) >= 11 is 0. The second-order valence-electron chi connectivity index (χ2n) is 8.06.